The molecule has 2 heterocycles. The summed E-state index contributed by atoms with van der Waals surface area (Å²) in [6.07, 6.45) is -3.07. The van der Waals surface area contributed by atoms with Gasteiger partial charge in [0.2, 0.25) is 0 Å². The fourth-order valence-corrected chi connectivity index (χ4v) is 1.90. The van der Waals surface area contributed by atoms with E-state index < -0.39 is 23.4 Å². The highest BCUT2D eigenvalue weighted by Crippen LogP contribution is 2.28. The van der Waals surface area contributed by atoms with Crippen LogP contribution in [0.5, 0.6) is 0 Å². The van der Waals surface area contributed by atoms with Gasteiger partial charge in [-0.25, -0.2) is 0 Å². The average molecular weight is 274 g/mol. The van der Waals surface area contributed by atoms with Gasteiger partial charge in [-0.15, -0.1) is 0 Å². The Morgan fingerprint density at radius 2 is 2.11 bits per heavy atom. The Hall–Kier alpha value is -1.63. The van der Waals surface area contributed by atoms with E-state index in [9.17, 15) is 23.1 Å². The molecule has 0 unspecified atom stereocenters. The third-order valence-electron chi connectivity index (χ3n) is 3.22. The van der Waals surface area contributed by atoms with Crippen molar-refractivity contribution in [3.63, 3.8) is 0 Å². The van der Waals surface area contributed by atoms with Crippen molar-refractivity contribution in [2.24, 2.45) is 0 Å². The van der Waals surface area contributed by atoms with E-state index in [2.05, 4.69) is 4.98 Å². The Kier molecular flexibility index (Phi) is 3.25. The molecule has 0 saturated carbocycles. The SMILES string of the molecule is CCC1(O)CN(C(=O)c2ccc(C(F)(F)F)nc2)C1. The van der Waals surface area contributed by atoms with Gasteiger partial charge in [-0.3, -0.25) is 9.78 Å². The lowest BCUT2D eigenvalue weighted by Gasteiger charge is -2.46. The van der Waals surface area contributed by atoms with Crippen molar-refractivity contribution in [2.45, 2.75) is 25.1 Å². The second-order valence-electron chi connectivity index (χ2n) is 4.67. The number of rotatable bonds is 2. The zero-order chi connectivity index (χ0) is 14.3. The smallest absolute Gasteiger partial charge is 0.386 e. The van der Waals surface area contributed by atoms with Gasteiger partial charge in [0.05, 0.1) is 24.3 Å². The first kappa shape index (κ1) is 13.8. The molecule has 104 valence electrons. The second kappa shape index (κ2) is 4.48. The summed E-state index contributed by atoms with van der Waals surface area (Å²) in [6.45, 7) is 2.20. The topological polar surface area (TPSA) is 53.4 Å². The highest BCUT2D eigenvalue weighted by atomic mass is 19.4. The number of likely N-dealkylation sites (tertiary alicyclic amines) is 1. The van der Waals surface area contributed by atoms with Crippen LogP contribution < -0.4 is 0 Å². The number of aliphatic hydroxyl groups is 1. The molecule has 1 aliphatic heterocycles. The van der Waals surface area contributed by atoms with Crippen molar-refractivity contribution in [3.05, 3.63) is 29.6 Å². The van der Waals surface area contributed by atoms with Gasteiger partial charge in [-0.05, 0) is 18.6 Å². The number of amides is 1. The van der Waals surface area contributed by atoms with Crippen LogP contribution in [0.25, 0.3) is 0 Å². The molecular weight excluding hydrogens is 261 g/mol. The van der Waals surface area contributed by atoms with Crippen LogP contribution in [0.2, 0.25) is 0 Å². The standard InChI is InChI=1S/C12H13F3N2O2/c1-2-11(19)6-17(7-11)10(18)8-3-4-9(16-5-8)12(13,14)15/h3-5,19H,2,6-7H2,1H3. The average Bonchev–Trinajstić information content (AvgIpc) is 2.33. The van der Waals surface area contributed by atoms with Gasteiger partial charge in [0.15, 0.2) is 0 Å². The minimum absolute atomic E-state index is 0.0890. The predicted octanol–water partition coefficient (Wildman–Crippen LogP) is 1.70. The molecule has 7 heteroatoms. The molecule has 1 saturated heterocycles. The van der Waals surface area contributed by atoms with Crippen LogP contribution in [0.4, 0.5) is 13.2 Å². The van der Waals surface area contributed by atoms with Crippen molar-refractivity contribution >= 4 is 5.91 Å². The molecule has 4 nitrogen and oxygen atoms in total. The van der Waals surface area contributed by atoms with Crippen molar-refractivity contribution in [1.82, 2.24) is 9.88 Å². The zero-order valence-corrected chi connectivity index (χ0v) is 10.2. The lowest BCUT2D eigenvalue weighted by Crippen LogP contribution is -2.63. The summed E-state index contributed by atoms with van der Waals surface area (Å²) in [6, 6.07) is 1.88. The van der Waals surface area contributed by atoms with Gasteiger partial charge in [-0.2, -0.15) is 13.2 Å². The van der Waals surface area contributed by atoms with Gasteiger partial charge in [-0.1, -0.05) is 6.92 Å². The second-order valence-corrected chi connectivity index (χ2v) is 4.67. The lowest BCUT2D eigenvalue weighted by molar-refractivity contribution is -0.141. The highest BCUT2D eigenvalue weighted by Gasteiger charge is 2.42. The third kappa shape index (κ3) is 2.70. The zero-order valence-electron chi connectivity index (χ0n) is 10.2. The summed E-state index contributed by atoms with van der Waals surface area (Å²) in [5, 5.41) is 9.78. The number of pyridine rings is 1. The lowest BCUT2D eigenvalue weighted by atomic mass is 9.91. The summed E-state index contributed by atoms with van der Waals surface area (Å²) < 4.78 is 36.9. The van der Waals surface area contributed by atoms with Crippen molar-refractivity contribution < 1.29 is 23.1 Å². The van der Waals surface area contributed by atoms with Crippen LogP contribution in [-0.4, -0.2) is 39.6 Å². The molecule has 19 heavy (non-hydrogen) atoms. The van der Waals surface area contributed by atoms with E-state index in [1.165, 1.54) is 4.90 Å². The van der Waals surface area contributed by atoms with E-state index >= 15 is 0 Å². The monoisotopic (exact) mass is 274 g/mol. The molecule has 2 rings (SSSR count). The summed E-state index contributed by atoms with van der Waals surface area (Å²) in [5.41, 5.74) is -1.81. The quantitative estimate of drug-likeness (QED) is 0.893. The van der Waals surface area contributed by atoms with Crippen molar-refractivity contribution in [3.8, 4) is 0 Å². The highest BCUT2D eigenvalue weighted by molar-refractivity contribution is 5.94. The number of carbonyl (C=O) groups is 1. The number of halogens is 3. The Balaban J connectivity index is 2.06. The van der Waals surface area contributed by atoms with E-state index in [4.69, 9.17) is 0 Å². The van der Waals surface area contributed by atoms with Crippen LogP contribution in [0.3, 0.4) is 0 Å². The number of hydrogen-bond acceptors (Lipinski definition) is 3. The van der Waals surface area contributed by atoms with Crippen molar-refractivity contribution in [1.29, 1.82) is 0 Å². The number of carbonyl (C=O) groups excluding carboxylic acids is 1. The van der Waals surface area contributed by atoms with Crippen molar-refractivity contribution in [2.75, 3.05) is 13.1 Å². The number of nitrogens with zero attached hydrogens (tertiary/aromatic N) is 2. The van der Waals surface area contributed by atoms with E-state index in [-0.39, 0.29) is 18.7 Å². The molecule has 1 aliphatic rings. The molecule has 0 spiro atoms. The van der Waals surface area contributed by atoms with Crippen LogP contribution in [0.1, 0.15) is 29.4 Å². The van der Waals surface area contributed by atoms with Gasteiger partial charge in [0.1, 0.15) is 5.69 Å². The fourth-order valence-electron chi connectivity index (χ4n) is 1.90. The van der Waals surface area contributed by atoms with Crippen LogP contribution in [-0.2, 0) is 6.18 Å². The summed E-state index contributed by atoms with van der Waals surface area (Å²) >= 11 is 0. The Labute approximate surface area is 107 Å². The van der Waals surface area contributed by atoms with Gasteiger partial charge in [0.25, 0.3) is 5.91 Å². The Bertz CT molecular complexity index is 479. The first-order chi connectivity index (χ1) is 8.75. The van der Waals surface area contributed by atoms with Crippen LogP contribution in [0, 0.1) is 0 Å². The Morgan fingerprint density at radius 1 is 1.47 bits per heavy atom. The first-order valence-corrected chi connectivity index (χ1v) is 5.80. The Morgan fingerprint density at radius 3 is 2.53 bits per heavy atom. The molecule has 1 amide bonds. The van der Waals surface area contributed by atoms with Gasteiger partial charge >= 0.3 is 6.18 Å². The largest absolute Gasteiger partial charge is 0.433 e. The number of β-amino-alcohol motifs (C(OH)–C–C–N with tert-alkyl or cyclic N) is 1. The molecule has 1 N–H and O–H groups in total. The van der Waals surface area contributed by atoms with E-state index in [1.807, 2.05) is 6.92 Å². The molecule has 0 aliphatic carbocycles. The summed E-state index contributed by atoms with van der Waals surface area (Å²) in [4.78, 5) is 16.5. The molecule has 1 aromatic rings. The maximum atomic E-state index is 12.3. The molecule has 0 radical (unpaired) electrons. The molecule has 0 atom stereocenters. The number of hydrogen-bond donors (Lipinski definition) is 1. The number of aromatic nitrogens is 1. The minimum atomic E-state index is -4.51. The van der Waals surface area contributed by atoms with Gasteiger partial charge in [0, 0.05) is 6.20 Å². The number of alkyl halides is 3. The van der Waals surface area contributed by atoms with E-state index in [0.717, 1.165) is 18.3 Å². The fraction of sp³-hybridized carbons (Fsp3) is 0.500. The minimum Gasteiger partial charge on any atom is -0.386 e. The predicted molar refractivity (Wildman–Crippen MR) is 60.4 cm³/mol. The first-order valence-electron chi connectivity index (χ1n) is 5.80. The molecular formula is C12H13F3N2O2. The van der Waals surface area contributed by atoms with E-state index in [1.54, 1.807) is 0 Å². The van der Waals surface area contributed by atoms with Crippen LogP contribution >= 0.6 is 0 Å². The summed E-state index contributed by atoms with van der Waals surface area (Å²) in [7, 11) is 0. The summed E-state index contributed by atoms with van der Waals surface area (Å²) in [5.74, 6) is -0.417. The maximum absolute atomic E-state index is 12.3. The third-order valence-corrected chi connectivity index (χ3v) is 3.22. The van der Waals surface area contributed by atoms with E-state index in [0.29, 0.717) is 6.42 Å². The normalized spacial score (nSPS) is 18.1. The molecule has 0 bridgehead atoms. The molecule has 0 aromatic carbocycles. The maximum Gasteiger partial charge on any atom is 0.433 e. The van der Waals surface area contributed by atoms with Gasteiger partial charge < -0.3 is 10.0 Å². The molecule has 1 aromatic heterocycles. The molecule has 1 fully saturated rings. The van der Waals surface area contributed by atoms with Crippen LogP contribution in [0.15, 0.2) is 18.3 Å².